The highest BCUT2D eigenvalue weighted by molar-refractivity contribution is 7.98. The van der Waals surface area contributed by atoms with Crippen molar-refractivity contribution in [3.8, 4) is 0 Å². The Bertz CT molecular complexity index is 543. The van der Waals surface area contributed by atoms with Crippen molar-refractivity contribution >= 4 is 44.9 Å². The average molecular weight is 246 g/mol. The van der Waals surface area contributed by atoms with Gasteiger partial charge < -0.3 is 4.57 Å². The number of pyridine rings is 1. The lowest BCUT2D eigenvalue weighted by Crippen LogP contribution is -2.06. The lowest BCUT2D eigenvalue weighted by molar-refractivity contribution is 0.927. The fourth-order valence-electron chi connectivity index (χ4n) is 1.34. The van der Waals surface area contributed by atoms with Crippen LogP contribution in [-0.2, 0) is 7.05 Å². The first kappa shape index (κ1) is 10.1. The second-order valence-electron chi connectivity index (χ2n) is 2.90. The molecule has 0 atom stereocenters. The minimum Gasteiger partial charge on any atom is -0.348 e. The van der Waals surface area contributed by atoms with E-state index in [0.717, 1.165) is 15.1 Å². The van der Waals surface area contributed by atoms with E-state index >= 15 is 0 Å². The van der Waals surface area contributed by atoms with E-state index in [0.29, 0.717) is 4.34 Å². The normalized spacial score (nSPS) is 11.1. The molecule has 0 bridgehead atoms. The van der Waals surface area contributed by atoms with E-state index in [4.69, 9.17) is 11.6 Å². The van der Waals surface area contributed by atoms with Gasteiger partial charge in [-0.2, -0.15) is 0 Å². The second-order valence-corrected chi connectivity index (χ2v) is 5.43. The van der Waals surface area contributed by atoms with E-state index in [-0.39, 0.29) is 5.43 Å². The lowest BCUT2D eigenvalue weighted by Gasteiger charge is -2.02. The topological polar surface area (TPSA) is 22.0 Å². The summed E-state index contributed by atoms with van der Waals surface area (Å²) in [7, 11) is 1.92. The summed E-state index contributed by atoms with van der Waals surface area (Å²) in [6, 6.07) is 1.83. The molecule has 5 heteroatoms. The Hall–Kier alpha value is -0.450. The molecular weight excluding hydrogens is 238 g/mol. The summed E-state index contributed by atoms with van der Waals surface area (Å²) in [5.41, 5.74) is 0.991. The summed E-state index contributed by atoms with van der Waals surface area (Å²) >= 11 is 8.69. The van der Waals surface area contributed by atoms with Gasteiger partial charge in [0.25, 0.3) is 0 Å². The molecule has 0 aliphatic carbocycles. The highest BCUT2D eigenvalue weighted by Crippen LogP contribution is 2.28. The van der Waals surface area contributed by atoms with E-state index in [9.17, 15) is 4.79 Å². The minimum absolute atomic E-state index is 0.0856. The minimum atomic E-state index is 0.0856. The Balaban J connectivity index is 2.94. The predicted octanol–water partition coefficient (Wildman–Crippen LogP) is 2.98. The Morgan fingerprint density at radius 2 is 2.29 bits per heavy atom. The fourth-order valence-corrected chi connectivity index (χ4v) is 3.16. The number of halogens is 1. The fraction of sp³-hybridized carbons (Fsp3) is 0.222. The zero-order chi connectivity index (χ0) is 10.3. The molecule has 0 spiro atoms. The molecule has 0 radical (unpaired) electrons. The van der Waals surface area contributed by atoms with Crippen molar-refractivity contribution in [2.75, 3.05) is 6.26 Å². The molecule has 0 saturated heterocycles. The van der Waals surface area contributed by atoms with E-state index in [1.54, 1.807) is 0 Å². The quantitative estimate of drug-likeness (QED) is 0.721. The summed E-state index contributed by atoms with van der Waals surface area (Å²) in [4.78, 5) is 12.6. The maximum Gasteiger partial charge on any atom is 0.212 e. The van der Waals surface area contributed by atoms with Crippen LogP contribution in [0.2, 0.25) is 4.34 Å². The second kappa shape index (κ2) is 3.61. The largest absolute Gasteiger partial charge is 0.348 e. The van der Waals surface area contributed by atoms with Crippen LogP contribution < -0.4 is 5.43 Å². The van der Waals surface area contributed by atoms with Crippen LogP contribution in [0.25, 0.3) is 10.2 Å². The Labute approximate surface area is 94.5 Å². The molecule has 0 aliphatic heterocycles. The van der Waals surface area contributed by atoms with Crippen LogP contribution >= 0.6 is 34.7 Å². The van der Waals surface area contributed by atoms with Gasteiger partial charge in [0.15, 0.2) is 0 Å². The third-order valence-corrected chi connectivity index (χ3v) is 4.01. The monoisotopic (exact) mass is 245 g/mol. The highest BCUT2D eigenvalue weighted by Gasteiger charge is 2.09. The van der Waals surface area contributed by atoms with Crippen LogP contribution in [0, 0.1) is 0 Å². The summed E-state index contributed by atoms with van der Waals surface area (Å²) in [6.45, 7) is 0. The number of nitrogens with zero attached hydrogens (tertiary/aromatic N) is 1. The zero-order valence-electron chi connectivity index (χ0n) is 7.70. The van der Waals surface area contributed by atoms with Crippen molar-refractivity contribution in [3.05, 3.63) is 26.8 Å². The van der Waals surface area contributed by atoms with E-state index < -0.39 is 0 Å². The average Bonchev–Trinajstić information content (AvgIpc) is 2.54. The molecule has 0 fully saturated rings. The number of rotatable bonds is 1. The van der Waals surface area contributed by atoms with E-state index in [1.807, 2.05) is 30.1 Å². The van der Waals surface area contributed by atoms with Crippen LogP contribution in [0.5, 0.6) is 0 Å². The molecular formula is C9H8ClNOS2. The van der Waals surface area contributed by atoms with Gasteiger partial charge >= 0.3 is 0 Å². The summed E-state index contributed by atoms with van der Waals surface area (Å²) in [6.07, 6.45) is 3.75. The third-order valence-electron chi connectivity index (χ3n) is 2.02. The molecule has 2 aromatic heterocycles. The molecule has 0 amide bonds. The van der Waals surface area contributed by atoms with Crippen LogP contribution in [-0.4, -0.2) is 10.8 Å². The van der Waals surface area contributed by atoms with E-state index in [1.165, 1.54) is 23.1 Å². The third kappa shape index (κ3) is 1.47. The summed E-state index contributed by atoms with van der Waals surface area (Å²) in [5, 5.41) is 0. The first-order valence-corrected chi connectivity index (χ1v) is 6.38. The number of hydrogen-bond acceptors (Lipinski definition) is 3. The van der Waals surface area contributed by atoms with Crippen LogP contribution in [0.3, 0.4) is 0 Å². The first-order chi connectivity index (χ1) is 6.63. The maximum atomic E-state index is 11.8. The molecule has 0 unspecified atom stereocenters. The standard InChI is InChI=1S/C9H8ClNOS2/c1-11-4-6(13-2)8(12)9-5(11)3-7(10)14-9/h3-4H,1-2H3. The zero-order valence-corrected chi connectivity index (χ0v) is 10.1. The Morgan fingerprint density at radius 3 is 2.93 bits per heavy atom. The highest BCUT2D eigenvalue weighted by atomic mass is 35.5. The van der Waals surface area contributed by atoms with Gasteiger partial charge in [0.2, 0.25) is 5.43 Å². The van der Waals surface area contributed by atoms with Crippen LogP contribution in [0.15, 0.2) is 22.0 Å². The van der Waals surface area contributed by atoms with E-state index in [2.05, 4.69) is 0 Å². The maximum absolute atomic E-state index is 11.8. The van der Waals surface area contributed by atoms with Gasteiger partial charge in [-0.05, 0) is 12.3 Å². The lowest BCUT2D eigenvalue weighted by atomic mass is 10.4. The molecule has 14 heavy (non-hydrogen) atoms. The van der Waals surface area contributed by atoms with Crippen molar-refractivity contribution in [3.63, 3.8) is 0 Å². The number of aryl methyl sites for hydroxylation is 1. The molecule has 74 valence electrons. The van der Waals surface area contributed by atoms with Gasteiger partial charge in [-0.3, -0.25) is 4.79 Å². The smallest absolute Gasteiger partial charge is 0.212 e. The number of hydrogen-bond donors (Lipinski definition) is 0. The molecule has 0 aliphatic rings. The number of aromatic nitrogens is 1. The van der Waals surface area contributed by atoms with Crippen molar-refractivity contribution in [2.45, 2.75) is 4.90 Å². The van der Waals surface area contributed by atoms with Gasteiger partial charge in [-0.1, -0.05) is 11.6 Å². The van der Waals surface area contributed by atoms with Gasteiger partial charge in [-0.15, -0.1) is 23.1 Å². The molecule has 0 aromatic carbocycles. The van der Waals surface area contributed by atoms with Crippen molar-refractivity contribution in [1.82, 2.24) is 4.57 Å². The Morgan fingerprint density at radius 1 is 1.57 bits per heavy atom. The number of thioether (sulfide) groups is 1. The van der Waals surface area contributed by atoms with Crippen molar-refractivity contribution in [1.29, 1.82) is 0 Å². The molecule has 2 heterocycles. The molecule has 0 saturated carbocycles. The summed E-state index contributed by atoms with van der Waals surface area (Å²) < 4.78 is 3.33. The predicted molar refractivity (Wildman–Crippen MR) is 63.9 cm³/mol. The van der Waals surface area contributed by atoms with Gasteiger partial charge in [0.05, 0.1) is 14.7 Å². The number of thiophene rings is 1. The SMILES string of the molecule is CSc1cn(C)c2cc(Cl)sc2c1=O. The van der Waals surface area contributed by atoms with Crippen molar-refractivity contribution < 1.29 is 0 Å². The van der Waals surface area contributed by atoms with Gasteiger partial charge in [0.1, 0.15) is 4.70 Å². The van der Waals surface area contributed by atoms with Crippen LogP contribution in [0.1, 0.15) is 0 Å². The van der Waals surface area contributed by atoms with Gasteiger partial charge in [0, 0.05) is 13.2 Å². The molecule has 2 aromatic rings. The summed E-state index contributed by atoms with van der Waals surface area (Å²) in [5.74, 6) is 0. The molecule has 2 nitrogen and oxygen atoms in total. The first-order valence-electron chi connectivity index (χ1n) is 3.96. The number of fused-ring (bicyclic) bond motifs is 1. The Kier molecular flexibility index (Phi) is 2.60. The van der Waals surface area contributed by atoms with Crippen LogP contribution in [0.4, 0.5) is 0 Å². The van der Waals surface area contributed by atoms with Crippen molar-refractivity contribution in [2.24, 2.45) is 7.05 Å². The molecule has 0 N–H and O–H groups in total. The van der Waals surface area contributed by atoms with Gasteiger partial charge in [-0.25, -0.2) is 0 Å². The molecule has 2 rings (SSSR count).